The molecule has 0 N–H and O–H groups in total. The van der Waals surface area contributed by atoms with Gasteiger partial charge in [0, 0.05) is 26.3 Å². The van der Waals surface area contributed by atoms with Gasteiger partial charge in [-0.15, -0.1) is 0 Å². The highest BCUT2D eigenvalue weighted by Gasteiger charge is 2.29. The van der Waals surface area contributed by atoms with Crippen molar-refractivity contribution in [3.63, 3.8) is 0 Å². The minimum Gasteiger partial charge on any atom is -0.378 e. The molecule has 3 aromatic rings. The van der Waals surface area contributed by atoms with Crippen molar-refractivity contribution >= 4 is 0 Å². The first-order chi connectivity index (χ1) is 12.2. The van der Waals surface area contributed by atoms with Crippen LogP contribution in [0.5, 0.6) is 0 Å². The Labute approximate surface area is 146 Å². The lowest BCUT2D eigenvalue weighted by Crippen LogP contribution is -2.39. The third-order valence-corrected chi connectivity index (χ3v) is 4.40. The summed E-state index contributed by atoms with van der Waals surface area (Å²) >= 11 is 0. The minimum atomic E-state index is -0.0107. The standard InChI is InChI=1S/C18H21N5O2/c1-13-4-3-5-14(8-13)10-23-6-7-24-12-16(23)17-20-18(25-21-17)15-9-19-22(2)11-15/h3-5,8-9,11,16H,6-7,10,12H2,1-2H3. The quantitative estimate of drug-likeness (QED) is 0.727. The number of morpholine rings is 1. The van der Waals surface area contributed by atoms with Crippen LogP contribution < -0.4 is 0 Å². The fourth-order valence-electron chi connectivity index (χ4n) is 3.13. The van der Waals surface area contributed by atoms with Gasteiger partial charge in [0.05, 0.1) is 31.0 Å². The Bertz CT molecular complexity index is 857. The molecule has 1 aromatic carbocycles. The molecule has 7 nitrogen and oxygen atoms in total. The molecule has 1 aliphatic rings. The number of benzene rings is 1. The van der Waals surface area contributed by atoms with Crippen molar-refractivity contribution in [3.05, 3.63) is 53.6 Å². The van der Waals surface area contributed by atoms with Gasteiger partial charge in [-0.1, -0.05) is 35.0 Å². The molecule has 2 aromatic heterocycles. The molecular weight excluding hydrogens is 318 g/mol. The van der Waals surface area contributed by atoms with Gasteiger partial charge in [0.2, 0.25) is 0 Å². The predicted molar refractivity (Wildman–Crippen MR) is 91.6 cm³/mol. The summed E-state index contributed by atoms with van der Waals surface area (Å²) in [5.74, 6) is 1.15. The van der Waals surface area contributed by atoms with Crippen molar-refractivity contribution in [2.24, 2.45) is 7.05 Å². The lowest BCUT2D eigenvalue weighted by molar-refractivity contribution is -0.0166. The van der Waals surface area contributed by atoms with E-state index >= 15 is 0 Å². The Morgan fingerprint density at radius 1 is 1.32 bits per heavy atom. The molecule has 0 saturated carbocycles. The first kappa shape index (κ1) is 16.0. The monoisotopic (exact) mass is 339 g/mol. The fraction of sp³-hybridized carbons (Fsp3) is 0.389. The zero-order valence-electron chi connectivity index (χ0n) is 14.4. The van der Waals surface area contributed by atoms with Gasteiger partial charge in [0.25, 0.3) is 5.89 Å². The van der Waals surface area contributed by atoms with Crippen LogP contribution in [0.3, 0.4) is 0 Å². The van der Waals surface area contributed by atoms with E-state index in [0.717, 1.165) is 25.3 Å². The maximum absolute atomic E-state index is 5.67. The largest absolute Gasteiger partial charge is 0.378 e. The van der Waals surface area contributed by atoms with Crippen LogP contribution in [0.1, 0.15) is 23.0 Å². The molecule has 25 heavy (non-hydrogen) atoms. The Balaban J connectivity index is 1.56. The average molecular weight is 339 g/mol. The van der Waals surface area contributed by atoms with Gasteiger partial charge in [0.15, 0.2) is 5.82 Å². The molecule has 1 aliphatic heterocycles. The summed E-state index contributed by atoms with van der Waals surface area (Å²) in [5.41, 5.74) is 3.37. The molecule has 0 spiro atoms. The topological polar surface area (TPSA) is 69.2 Å². The minimum absolute atomic E-state index is 0.0107. The van der Waals surface area contributed by atoms with E-state index in [-0.39, 0.29) is 6.04 Å². The van der Waals surface area contributed by atoms with E-state index in [1.165, 1.54) is 11.1 Å². The summed E-state index contributed by atoms with van der Waals surface area (Å²) in [5, 5.41) is 8.34. The maximum Gasteiger partial charge on any atom is 0.261 e. The van der Waals surface area contributed by atoms with Crippen LogP contribution in [0.15, 0.2) is 41.2 Å². The highest BCUT2D eigenvalue weighted by molar-refractivity contribution is 5.49. The molecule has 0 amide bonds. The third-order valence-electron chi connectivity index (χ3n) is 4.40. The second kappa shape index (κ2) is 6.78. The van der Waals surface area contributed by atoms with Crippen molar-refractivity contribution in [1.82, 2.24) is 24.8 Å². The summed E-state index contributed by atoms with van der Waals surface area (Å²) in [6, 6.07) is 8.55. The molecule has 1 atom stereocenters. The average Bonchev–Trinajstić information content (AvgIpc) is 3.24. The number of nitrogens with zero attached hydrogens (tertiary/aromatic N) is 5. The van der Waals surface area contributed by atoms with Gasteiger partial charge in [-0.05, 0) is 12.5 Å². The maximum atomic E-state index is 5.67. The highest BCUT2D eigenvalue weighted by atomic mass is 16.5. The highest BCUT2D eigenvalue weighted by Crippen LogP contribution is 2.26. The number of rotatable bonds is 4. The van der Waals surface area contributed by atoms with E-state index < -0.39 is 0 Å². The van der Waals surface area contributed by atoms with Crippen molar-refractivity contribution < 1.29 is 9.26 Å². The lowest BCUT2D eigenvalue weighted by atomic mass is 10.1. The molecule has 1 fully saturated rings. The van der Waals surface area contributed by atoms with E-state index in [1.54, 1.807) is 10.9 Å². The van der Waals surface area contributed by atoms with Crippen molar-refractivity contribution in [3.8, 4) is 11.5 Å². The van der Waals surface area contributed by atoms with Gasteiger partial charge in [-0.2, -0.15) is 10.1 Å². The van der Waals surface area contributed by atoms with Crippen LogP contribution in [0.2, 0.25) is 0 Å². The Kier molecular flexibility index (Phi) is 4.33. The number of hydrogen-bond donors (Lipinski definition) is 0. The molecule has 130 valence electrons. The van der Waals surface area contributed by atoms with Crippen LogP contribution in [0.25, 0.3) is 11.5 Å². The predicted octanol–water partition coefficient (Wildman–Crippen LogP) is 2.35. The van der Waals surface area contributed by atoms with Crippen LogP contribution in [0, 0.1) is 6.92 Å². The zero-order chi connectivity index (χ0) is 17.2. The molecule has 0 bridgehead atoms. The zero-order valence-corrected chi connectivity index (χ0v) is 14.4. The van der Waals surface area contributed by atoms with Gasteiger partial charge in [-0.3, -0.25) is 9.58 Å². The molecule has 1 saturated heterocycles. The third kappa shape index (κ3) is 3.47. The molecule has 4 rings (SSSR count). The van der Waals surface area contributed by atoms with E-state index in [9.17, 15) is 0 Å². The van der Waals surface area contributed by atoms with E-state index in [0.29, 0.717) is 18.3 Å². The van der Waals surface area contributed by atoms with E-state index in [2.05, 4.69) is 51.3 Å². The molecule has 7 heteroatoms. The van der Waals surface area contributed by atoms with Gasteiger partial charge in [-0.25, -0.2) is 0 Å². The number of aromatic nitrogens is 4. The number of ether oxygens (including phenoxy) is 1. The van der Waals surface area contributed by atoms with Gasteiger partial charge < -0.3 is 9.26 Å². The smallest absolute Gasteiger partial charge is 0.261 e. The molecule has 1 unspecified atom stereocenters. The SMILES string of the molecule is Cc1cccc(CN2CCOCC2c2noc(-c3cnn(C)c3)n2)c1. The second-order valence-corrected chi connectivity index (χ2v) is 6.41. The summed E-state index contributed by atoms with van der Waals surface area (Å²) in [6.07, 6.45) is 3.58. The van der Waals surface area contributed by atoms with Crippen LogP contribution in [-0.4, -0.2) is 44.6 Å². The van der Waals surface area contributed by atoms with E-state index in [4.69, 9.17) is 9.26 Å². The molecule has 0 aliphatic carbocycles. The summed E-state index contributed by atoms with van der Waals surface area (Å²) < 4.78 is 12.8. The summed E-state index contributed by atoms with van der Waals surface area (Å²) in [7, 11) is 1.86. The Hall–Kier alpha value is -2.51. The Morgan fingerprint density at radius 2 is 2.24 bits per heavy atom. The fourth-order valence-corrected chi connectivity index (χ4v) is 3.13. The van der Waals surface area contributed by atoms with Crippen molar-refractivity contribution in [2.75, 3.05) is 19.8 Å². The second-order valence-electron chi connectivity index (χ2n) is 6.41. The first-order valence-corrected chi connectivity index (χ1v) is 8.39. The molecule has 3 heterocycles. The van der Waals surface area contributed by atoms with Crippen molar-refractivity contribution in [1.29, 1.82) is 0 Å². The molecular formula is C18H21N5O2. The normalized spacial score (nSPS) is 18.6. The van der Waals surface area contributed by atoms with E-state index in [1.807, 2.05) is 13.2 Å². The van der Waals surface area contributed by atoms with Crippen molar-refractivity contribution in [2.45, 2.75) is 19.5 Å². The summed E-state index contributed by atoms with van der Waals surface area (Å²) in [6.45, 7) is 5.08. The number of hydrogen-bond acceptors (Lipinski definition) is 6. The molecule has 0 radical (unpaired) electrons. The number of aryl methyl sites for hydroxylation is 2. The summed E-state index contributed by atoms with van der Waals surface area (Å²) in [4.78, 5) is 6.92. The van der Waals surface area contributed by atoms with Crippen LogP contribution in [-0.2, 0) is 18.3 Å². The lowest BCUT2D eigenvalue weighted by Gasteiger charge is -2.33. The van der Waals surface area contributed by atoms with Crippen LogP contribution in [0.4, 0.5) is 0 Å². The first-order valence-electron chi connectivity index (χ1n) is 8.39. The Morgan fingerprint density at radius 3 is 3.04 bits per heavy atom. The van der Waals surface area contributed by atoms with Gasteiger partial charge >= 0.3 is 0 Å². The van der Waals surface area contributed by atoms with Crippen LogP contribution >= 0.6 is 0 Å². The van der Waals surface area contributed by atoms with Gasteiger partial charge in [0.1, 0.15) is 0 Å².